The standard InChI is InChI=1S/C12H19N3O/c1-8(2)6-9(3)15-12(16)11-7-10(13)4-5-14-11/h4-5,7-9H,6H2,1-3H3,(H2,13,14)(H,15,16). The van der Waals surface area contributed by atoms with Gasteiger partial charge < -0.3 is 11.1 Å². The zero-order valence-electron chi connectivity index (χ0n) is 10.0. The topological polar surface area (TPSA) is 68.0 Å². The summed E-state index contributed by atoms with van der Waals surface area (Å²) < 4.78 is 0. The van der Waals surface area contributed by atoms with E-state index in [-0.39, 0.29) is 11.9 Å². The summed E-state index contributed by atoms with van der Waals surface area (Å²) in [5.74, 6) is 0.393. The van der Waals surface area contributed by atoms with Crippen LogP contribution < -0.4 is 11.1 Å². The van der Waals surface area contributed by atoms with Crippen LogP contribution in [0.1, 0.15) is 37.7 Å². The maximum atomic E-state index is 11.8. The molecular formula is C12H19N3O. The third-order valence-corrected chi connectivity index (χ3v) is 2.22. The van der Waals surface area contributed by atoms with E-state index in [0.717, 1.165) is 6.42 Å². The van der Waals surface area contributed by atoms with E-state index in [4.69, 9.17) is 5.73 Å². The number of hydrogen-bond acceptors (Lipinski definition) is 3. The highest BCUT2D eigenvalue weighted by atomic mass is 16.1. The Morgan fingerprint density at radius 2 is 2.19 bits per heavy atom. The smallest absolute Gasteiger partial charge is 0.270 e. The maximum absolute atomic E-state index is 11.8. The number of nitrogens with zero attached hydrogens (tertiary/aromatic N) is 1. The van der Waals surface area contributed by atoms with Crippen LogP contribution in [0.4, 0.5) is 5.69 Å². The number of aromatic nitrogens is 1. The number of anilines is 1. The molecule has 1 amide bonds. The lowest BCUT2D eigenvalue weighted by atomic mass is 10.1. The largest absolute Gasteiger partial charge is 0.399 e. The molecule has 0 aliphatic rings. The van der Waals surface area contributed by atoms with Crippen molar-refractivity contribution in [2.24, 2.45) is 5.92 Å². The van der Waals surface area contributed by atoms with Crippen LogP contribution in [0.5, 0.6) is 0 Å². The molecule has 4 heteroatoms. The van der Waals surface area contributed by atoms with Crippen molar-refractivity contribution in [2.75, 3.05) is 5.73 Å². The number of amides is 1. The van der Waals surface area contributed by atoms with Crippen molar-refractivity contribution in [1.82, 2.24) is 10.3 Å². The Kier molecular flexibility index (Phi) is 4.28. The molecule has 4 nitrogen and oxygen atoms in total. The van der Waals surface area contributed by atoms with Crippen molar-refractivity contribution < 1.29 is 4.79 Å². The van der Waals surface area contributed by atoms with E-state index in [1.54, 1.807) is 12.1 Å². The maximum Gasteiger partial charge on any atom is 0.270 e. The van der Waals surface area contributed by atoms with Crippen molar-refractivity contribution in [3.8, 4) is 0 Å². The molecule has 0 aliphatic heterocycles. The van der Waals surface area contributed by atoms with Gasteiger partial charge in [0.2, 0.25) is 0 Å². The molecule has 0 aromatic carbocycles. The van der Waals surface area contributed by atoms with E-state index in [0.29, 0.717) is 17.3 Å². The van der Waals surface area contributed by atoms with Gasteiger partial charge in [-0.15, -0.1) is 0 Å². The van der Waals surface area contributed by atoms with Crippen LogP contribution in [-0.2, 0) is 0 Å². The van der Waals surface area contributed by atoms with Gasteiger partial charge in [-0.05, 0) is 31.4 Å². The van der Waals surface area contributed by atoms with E-state index < -0.39 is 0 Å². The van der Waals surface area contributed by atoms with Gasteiger partial charge in [0.25, 0.3) is 5.91 Å². The third-order valence-electron chi connectivity index (χ3n) is 2.22. The minimum absolute atomic E-state index is 0.149. The second-order valence-electron chi connectivity index (χ2n) is 4.48. The Labute approximate surface area is 96.3 Å². The van der Waals surface area contributed by atoms with Gasteiger partial charge in [0.15, 0.2) is 0 Å². The summed E-state index contributed by atoms with van der Waals surface area (Å²) in [6.45, 7) is 6.24. The summed E-state index contributed by atoms with van der Waals surface area (Å²) in [6.07, 6.45) is 2.49. The molecule has 1 heterocycles. The SMILES string of the molecule is CC(C)CC(C)NC(=O)c1cc(N)ccn1. The molecule has 0 fully saturated rings. The molecule has 3 N–H and O–H groups in total. The Morgan fingerprint density at radius 3 is 2.75 bits per heavy atom. The summed E-state index contributed by atoms with van der Waals surface area (Å²) in [5.41, 5.74) is 6.51. The minimum atomic E-state index is -0.166. The van der Waals surface area contributed by atoms with Crippen LogP contribution in [-0.4, -0.2) is 16.9 Å². The van der Waals surface area contributed by atoms with Crippen LogP contribution in [0.3, 0.4) is 0 Å². The first-order valence-electron chi connectivity index (χ1n) is 5.51. The van der Waals surface area contributed by atoms with Gasteiger partial charge in [-0.25, -0.2) is 0 Å². The van der Waals surface area contributed by atoms with E-state index in [9.17, 15) is 4.79 Å². The first-order chi connectivity index (χ1) is 7.49. The fourth-order valence-electron chi connectivity index (χ4n) is 1.63. The molecule has 1 aromatic heterocycles. The first kappa shape index (κ1) is 12.5. The third kappa shape index (κ3) is 3.88. The highest BCUT2D eigenvalue weighted by molar-refractivity contribution is 5.93. The van der Waals surface area contributed by atoms with Crippen LogP contribution in [0, 0.1) is 5.92 Å². The van der Waals surface area contributed by atoms with E-state index in [1.165, 1.54) is 6.20 Å². The summed E-state index contributed by atoms with van der Waals surface area (Å²) in [4.78, 5) is 15.7. The van der Waals surface area contributed by atoms with Gasteiger partial charge in [0.05, 0.1) is 0 Å². The van der Waals surface area contributed by atoms with Gasteiger partial charge in [-0.1, -0.05) is 13.8 Å². The predicted octanol–water partition coefficient (Wildman–Crippen LogP) is 1.83. The van der Waals surface area contributed by atoms with E-state index in [2.05, 4.69) is 24.1 Å². The van der Waals surface area contributed by atoms with Crippen molar-refractivity contribution in [3.63, 3.8) is 0 Å². The highest BCUT2D eigenvalue weighted by Crippen LogP contribution is 2.06. The molecule has 88 valence electrons. The van der Waals surface area contributed by atoms with Crippen molar-refractivity contribution in [3.05, 3.63) is 24.0 Å². The fourth-order valence-corrected chi connectivity index (χ4v) is 1.63. The number of nitrogens with one attached hydrogen (secondary N) is 1. The zero-order valence-corrected chi connectivity index (χ0v) is 10.0. The molecule has 0 radical (unpaired) electrons. The molecule has 0 saturated carbocycles. The number of nitrogens with two attached hydrogens (primary N) is 1. The number of nitrogen functional groups attached to an aromatic ring is 1. The average molecular weight is 221 g/mol. The molecule has 0 saturated heterocycles. The Morgan fingerprint density at radius 1 is 1.50 bits per heavy atom. The second-order valence-corrected chi connectivity index (χ2v) is 4.48. The van der Waals surface area contributed by atoms with Crippen LogP contribution in [0.2, 0.25) is 0 Å². The molecule has 1 atom stereocenters. The van der Waals surface area contributed by atoms with Crippen LogP contribution in [0.15, 0.2) is 18.3 Å². The molecule has 1 unspecified atom stereocenters. The molecule has 0 spiro atoms. The van der Waals surface area contributed by atoms with Gasteiger partial charge in [-0.2, -0.15) is 0 Å². The minimum Gasteiger partial charge on any atom is -0.399 e. The fraction of sp³-hybridized carbons (Fsp3) is 0.500. The molecule has 0 bridgehead atoms. The van der Waals surface area contributed by atoms with Crippen molar-refractivity contribution in [1.29, 1.82) is 0 Å². The summed E-state index contributed by atoms with van der Waals surface area (Å²) in [6, 6.07) is 3.39. The number of hydrogen-bond donors (Lipinski definition) is 2. The normalized spacial score (nSPS) is 12.5. The summed E-state index contributed by atoms with van der Waals surface area (Å²) in [7, 11) is 0. The molecule has 0 aliphatic carbocycles. The molecule has 16 heavy (non-hydrogen) atoms. The number of carbonyl (C=O) groups is 1. The lowest BCUT2D eigenvalue weighted by molar-refractivity contribution is 0.0931. The number of rotatable bonds is 4. The quantitative estimate of drug-likeness (QED) is 0.815. The lowest BCUT2D eigenvalue weighted by Crippen LogP contribution is -2.34. The lowest BCUT2D eigenvalue weighted by Gasteiger charge is -2.15. The molecule has 1 rings (SSSR count). The molecule has 1 aromatic rings. The summed E-state index contributed by atoms with van der Waals surface area (Å²) in [5, 5.41) is 2.90. The predicted molar refractivity (Wildman–Crippen MR) is 65.0 cm³/mol. The number of carbonyl (C=O) groups excluding carboxylic acids is 1. The first-order valence-corrected chi connectivity index (χ1v) is 5.51. The van der Waals surface area contributed by atoms with E-state index in [1.807, 2.05) is 6.92 Å². The molecular weight excluding hydrogens is 202 g/mol. The number of pyridine rings is 1. The zero-order chi connectivity index (χ0) is 12.1. The van der Waals surface area contributed by atoms with Gasteiger partial charge in [0, 0.05) is 17.9 Å². The average Bonchev–Trinajstić information content (AvgIpc) is 2.16. The summed E-state index contributed by atoms with van der Waals surface area (Å²) >= 11 is 0. The monoisotopic (exact) mass is 221 g/mol. The van der Waals surface area contributed by atoms with E-state index >= 15 is 0 Å². The second kappa shape index (κ2) is 5.49. The van der Waals surface area contributed by atoms with Crippen molar-refractivity contribution in [2.45, 2.75) is 33.2 Å². The van der Waals surface area contributed by atoms with Gasteiger partial charge >= 0.3 is 0 Å². The Bertz CT molecular complexity index is 363. The highest BCUT2D eigenvalue weighted by Gasteiger charge is 2.11. The van der Waals surface area contributed by atoms with Gasteiger partial charge in [0.1, 0.15) is 5.69 Å². The van der Waals surface area contributed by atoms with Crippen LogP contribution >= 0.6 is 0 Å². The van der Waals surface area contributed by atoms with Crippen LogP contribution in [0.25, 0.3) is 0 Å². The van der Waals surface area contributed by atoms with Crippen molar-refractivity contribution >= 4 is 11.6 Å². The Hall–Kier alpha value is -1.58. The Balaban J connectivity index is 2.59. The van der Waals surface area contributed by atoms with Gasteiger partial charge in [-0.3, -0.25) is 9.78 Å².